The topological polar surface area (TPSA) is 33.6 Å². The van der Waals surface area contributed by atoms with E-state index in [0.29, 0.717) is 10.2 Å². The van der Waals surface area contributed by atoms with Crippen LogP contribution >= 0.6 is 11.8 Å². The number of nitrogens with one attached hydrogen (secondary N) is 1. The smallest absolute Gasteiger partial charge is 0.279 e. The highest BCUT2D eigenvalue weighted by Gasteiger charge is 2.45. The molecule has 0 radical (unpaired) electrons. The van der Waals surface area contributed by atoms with Crippen molar-refractivity contribution in [1.82, 2.24) is 4.48 Å². The first-order chi connectivity index (χ1) is 12.1. The van der Waals surface area contributed by atoms with E-state index in [4.69, 9.17) is 9.73 Å². The summed E-state index contributed by atoms with van der Waals surface area (Å²) in [4.78, 5) is 5.96. The van der Waals surface area contributed by atoms with Crippen molar-refractivity contribution < 1.29 is 9.13 Å². The number of halogens is 1. The van der Waals surface area contributed by atoms with Crippen LogP contribution in [-0.4, -0.2) is 32.5 Å². The van der Waals surface area contributed by atoms with Crippen LogP contribution in [-0.2, 0) is 0 Å². The molecule has 0 spiro atoms. The fourth-order valence-electron chi connectivity index (χ4n) is 3.08. The molecule has 25 heavy (non-hydrogen) atoms. The zero-order valence-corrected chi connectivity index (χ0v) is 14.9. The SMILES string of the molecule is CNc1ccc(C2=C[N+]3(C)C(=N2)Sc2cc(OCCF)ccc23)cc1. The monoisotopic (exact) mass is 356 g/mol. The van der Waals surface area contributed by atoms with Gasteiger partial charge in [-0.15, -0.1) is 0 Å². The van der Waals surface area contributed by atoms with Crippen molar-refractivity contribution in [1.29, 1.82) is 0 Å². The van der Waals surface area contributed by atoms with Gasteiger partial charge in [-0.2, -0.15) is 4.99 Å². The molecular weight excluding hydrogens is 337 g/mol. The van der Waals surface area contributed by atoms with Crippen LogP contribution in [0.25, 0.3) is 5.70 Å². The average Bonchev–Trinajstić information content (AvgIpc) is 3.10. The Morgan fingerprint density at radius 3 is 2.72 bits per heavy atom. The van der Waals surface area contributed by atoms with Gasteiger partial charge in [0.05, 0.1) is 11.9 Å². The number of anilines is 1. The van der Waals surface area contributed by atoms with E-state index in [2.05, 4.69) is 42.8 Å². The molecule has 1 atom stereocenters. The summed E-state index contributed by atoms with van der Waals surface area (Å²) < 4.78 is 18.2. The molecule has 4 nitrogen and oxygen atoms in total. The zero-order chi connectivity index (χ0) is 17.4. The predicted octanol–water partition coefficient (Wildman–Crippen LogP) is 4.49. The number of rotatable bonds is 5. The largest absolute Gasteiger partial charge is 0.491 e. The van der Waals surface area contributed by atoms with Crippen LogP contribution in [0.2, 0.25) is 0 Å². The van der Waals surface area contributed by atoms with Gasteiger partial charge < -0.3 is 10.1 Å². The Balaban J connectivity index is 1.65. The van der Waals surface area contributed by atoms with Gasteiger partial charge in [-0.3, -0.25) is 0 Å². The van der Waals surface area contributed by atoms with Crippen molar-refractivity contribution in [2.24, 2.45) is 4.99 Å². The summed E-state index contributed by atoms with van der Waals surface area (Å²) in [7, 11) is 4.04. The molecule has 0 amide bonds. The molecular formula is C19H19FN3OS+. The maximum absolute atomic E-state index is 12.3. The Bertz CT molecular complexity index is 879. The number of fused-ring (bicyclic) bond motifs is 3. The molecule has 128 valence electrons. The molecule has 2 aromatic rings. The van der Waals surface area contributed by atoms with Gasteiger partial charge in [0.15, 0.2) is 5.69 Å². The number of thioether (sulfide) groups is 1. The minimum absolute atomic E-state index is 0.0865. The molecule has 0 fully saturated rings. The lowest BCUT2D eigenvalue weighted by atomic mass is 10.1. The van der Waals surface area contributed by atoms with Crippen LogP contribution in [0.1, 0.15) is 5.56 Å². The number of hydrogen-bond acceptors (Lipinski definition) is 4. The summed E-state index contributed by atoms with van der Waals surface area (Å²) in [5, 5.41) is 4.15. The van der Waals surface area contributed by atoms with Gasteiger partial charge in [0.25, 0.3) is 5.17 Å². The Morgan fingerprint density at radius 1 is 1.20 bits per heavy atom. The fraction of sp³-hybridized carbons (Fsp3) is 0.211. The summed E-state index contributed by atoms with van der Waals surface area (Å²) >= 11 is 1.64. The second-order valence-electron chi connectivity index (χ2n) is 6.08. The number of hydrogen-bond donors (Lipinski definition) is 1. The second-order valence-corrected chi connectivity index (χ2v) is 7.09. The van der Waals surface area contributed by atoms with Crippen LogP contribution in [0.4, 0.5) is 15.8 Å². The van der Waals surface area contributed by atoms with Gasteiger partial charge in [0.1, 0.15) is 30.9 Å². The normalized spacial score (nSPS) is 20.6. The minimum Gasteiger partial charge on any atom is -0.491 e. The van der Waals surface area contributed by atoms with E-state index in [1.807, 2.05) is 25.2 Å². The van der Waals surface area contributed by atoms with Crippen molar-refractivity contribution in [3.05, 3.63) is 54.2 Å². The maximum atomic E-state index is 12.3. The highest BCUT2D eigenvalue weighted by molar-refractivity contribution is 8.14. The third kappa shape index (κ3) is 2.71. The first-order valence-corrected chi connectivity index (χ1v) is 8.93. The Hall–Kier alpha value is -2.31. The van der Waals surface area contributed by atoms with Crippen LogP contribution in [0.5, 0.6) is 5.75 Å². The lowest BCUT2D eigenvalue weighted by molar-refractivity contribution is 0.273. The van der Waals surface area contributed by atoms with Gasteiger partial charge in [0, 0.05) is 30.4 Å². The Labute approximate surface area is 150 Å². The number of quaternary nitrogens is 1. The van der Waals surface area contributed by atoms with Crippen molar-refractivity contribution in [3.8, 4) is 5.75 Å². The number of amidine groups is 1. The lowest BCUT2D eigenvalue weighted by Gasteiger charge is -2.20. The van der Waals surface area contributed by atoms with Crippen LogP contribution in [0.15, 0.2) is 58.6 Å². The number of benzene rings is 2. The van der Waals surface area contributed by atoms with Gasteiger partial charge in [0.2, 0.25) is 0 Å². The van der Waals surface area contributed by atoms with Crippen molar-refractivity contribution in [3.63, 3.8) is 0 Å². The molecule has 2 aromatic carbocycles. The minimum atomic E-state index is -0.483. The summed E-state index contributed by atoms with van der Waals surface area (Å²) in [6.45, 7) is -0.396. The number of alkyl halides is 1. The molecule has 2 aliphatic rings. The van der Waals surface area contributed by atoms with Crippen LogP contribution < -0.4 is 14.5 Å². The molecule has 0 saturated carbocycles. The molecule has 4 rings (SSSR count). The van der Waals surface area contributed by atoms with Gasteiger partial charge >= 0.3 is 0 Å². The van der Waals surface area contributed by atoms with Crippen LogP contribution in [0.3, 0.4) is 0 Å². The first kappa shape index (κ1) is 16.2. The van der Waals surface area contributed by atoms with Gasteiger partial charge in [-0.05, 0) is 30.0 Å². The van der Waals surface area contributed by atoms with E-state index >= 15 is 0 Å². The molecule has 0 aromatic heterocycles. The molecule has 0 aliphatic carbocycles. The molecule has 1 N–H and O–H groups in total. The maximum Gasteiger partial charge on any atom is 0.279 e. The molecule has 0 bridgehead atoms. The molecule has 2 aliphatic heterocycles. The molecule has 0 saturated heterocycles. The van der Waals surface area contributed by atoms with Crippen molar-refractivity contribution >= 4 is 34.0 Å². The third-order valence-electron chi connectivity index (χ3n) is 4.44. The van der Waals surface area contributed by atoms with E-state index in [1.54, 1.807) is 11.8 Å². The fourth-order valence-corrected chi connectivity index (χ4v) is 4.30. The average molecular weight is 356 g/mol. The van der Waals surface area contributed by atoms with E-state index in [-0.39, 0.29) is 6.61 Å². The lowest BCUT2D eigenvalue weighted by Crippen LogP contribution is -2.38. The van der Waals surface area contributed by atoms with Gasteiger partial charge in [-0.25, -0.2) is 8.87 Å². The molecule has 6 heteroatoms. The second kappa shape index (κ2) is 6.20. The molecule has 2 heterocycles. The molecule has 1 unspecified atom stereocenters. The summed E-state index contributed by atoms with van der Waals surface area (Å²) in [6, 6.07) is 14.2. The highest BCUT2D eigenvalue weighted by Crippen LogP contribution is 2.50. The standard InChI is InChI=1S/C19H19FN3OS/c1-21-14-5-3-13(4-6-14)16-12-23(2)17-8-7-15(24-10-9-20)11-18(17)25-19(23)22-16/h3-8,11-12,21H,9-10H2,1-2H3/q+1. The van der Waals surface area contributed by atoms with E-state index in [0.717, 1.165) is 32.7 Å². The van der Waals surface area contributed by atoms with E-state index in [1.165, 1.54) is 0 Å². The Kier molecular flexibility index (Phi) is 4.01. The number of aliphatic imine (C=N–C) groups is 1. The third-order valence-corrected chi connectivity index (χ3v) is 5.64. The number of ether oxygens (including phenoxy) is 1. The quantitative estimate of drug-likeness (QED) is 0.802. The Morgan fingerprint density at radius 2 is 2.00 bits per heavy atom. The van der Waals surface area contributed by atoms with Crippen LogP contribution in [0, 0.1) is 0 Å². The van der Waals surface area contributed by atoms with Gasteiger partial charge in [-0.1, -0.05) is 12.1 Å². The van der Waals surface area contributed by atoms with Crippen molar-refractivity contribution in [2.45, 2.75) is 4.90 Å². The summed E-state index contributed by atoms with van der Waals surface area (Å²) in [5.41, 5.74) is 4.33. The highest BCUT2D eigenvalue weighted by atomic mass is 32.2. The summed E-state index contributed by atoms with van der Waals surface area (Å²) in [5.74, 6) is 0.698. The number of nitrogens with zero attached hydrogens (tertiary/aromatic N) is 2. The first-order valence-electron chi connectivity index (χ1n) is 8.12. The van der Waals surface area contributed by atoms with E-state index < -0.39 is 6.67 Å². The van der Waals surface area contributed by atoms with Crippen molar-refractivity contribution in [2.75, 3.05) is 32.7 Å². The summed E-state index contributed by atoms with van der Waals surface area (Å²) in [6.07, 6.45) is 2.17. The van der Waals surface area contributed by atoms with E-state index in [9.17, 15) is 4.39 Å². The predicted molar refractivity (Wildman–Crippen MR) is 103 cm³/mol. The zero-order valence-electron chi connectivity index (χ0n) is 14.1.